The number of hydrogen-bond acceptors (Lipinski definition) is 6. The molecule has 2 heterocycles. The largest absolute Gasteiger partial charge is 0.494 e. The van der Waals surface area contributed by atoms with Crippen molar-refractivity contribution in [2.45, 2.75) is 58.8 Å². The summed E-state index contributed by atoms with van der Waals surface area (Å²) in [6, 6.07) is 8.90. The minimum atomic E-state index is -0.0179. The maximum Gasteiger partial charge on any atom is 0.205 e. The van der Waals surface area contributed by atoms with Crippen molar-refractivity contribution < 1.29 is 4.74 Å². The fraction of sp³-hybridized carbons (Fsp3) is 0.579. The molecule has 0 radical (unpaired) electrons. The molecule has 0 bridgehead atoms. The van der Waals surface area contributed by atoms with E-state index in [1.807, 2.05) is 11.6 Å². The molecule has 3 rings (SSSR count). The number of likely N-dealkylation sites (tertiary alicyclic amines) is 1. The highest BCUT2D eigenvalue weighted by atomic mass is 32.1. The van der Waals surface area contributed by atoms with Crippen molar-refractivity contribution >= 4 is 28.7 Å². The monoisotopic (exact) mass is 392 g/mol. The van der Waals surface area contributed by atoms with Gasteiger partial charge in [0.25, 0.3) is 0 Å². The maximum absolute atomic E-state index is 5.56. The summed E-state index contributed by atoms with van der Waals surface area (Å²) in [4.78, 5) is 2.46. The molecule has 1 atom stereocenters. The summed E-state index contributed by atoms with van der Waals surface area (Å²) in [6.07, 6.45) is 2.36. The Balaban J connectivity index is 1.72. The van der Waals surface area contributed by atoms with Crippen LogP contribution in [0.15, 0.2) is 24.3 Å². The Morgan fingerprint density at radius 1 is 1.31 bits per heavy atom. The zero-order valence-corrected chi connectivity index (χ0v) is 17.6. The van der Waals surface area contributed by atoms with Gasteiger partial charge in [0.2, 0.25) is 5.13 Å². The Bertz CT molecular complexity index is 776. The summed E-state index contributed by atoms with van der Waals surface area (Å²) in [5.74, 6) is 0.931. The zero-order chi connectivity index (χ0) is 18.7. The van der Waals surface area contributed by atoms with Crippen LogP contribution in [-0.2, 0) is 6.67 Å². The van der Waals surface area contributed by atoms with Crippen LogP contribution in [0.25, 0.3) is 0 Å². The normalized spacial score (nSPS) is 18.2. The zero-order valence-electron chi connectivity index (χ0n) is 16.0. The lowest BCUT2D eigenvalue weighted by Gasteiger charge is -2.24. The quantitative estimate of drug-likeness (QED) is 0.695. The molecule has 0 aliphatic carbocycles. The summed E-state index contributed by atoms with van der Waals surface area (Å²) < 4.78 is 8.32. The minimum Gasteiger partial charge on any atom is -0.494 e. The third kappa shape index (κ3) is 4.84. The first-order valence-corrected chi connectivity index (χ1v) is 10.4. The van der Waals surface area contributed by atoms with Gasteiger partial charge in [-0.1, -0.05) is 23.5 Å². The van der Waals surface area contributed by atoms with E-state index in [2.05, 4.69) is 60.4 Å². The summed E-state index contributed by atoms with van der Waals surface area (Å²) in [7, 11) is 0. The van der Waals surface area contributed by atoms with E-state index in [1.54, 1.807) is 11.3 Å². The number of aromatic nitrogens is 2. The van der Waals surface area contributed by atoms with Crippen molar-refractivity contribution in [2.75, 3.05) is 18.5 Å². The Morgan fingerprint density at radius 3 is 2.69 bits per heavy atom. The van der Waals surface area contributed by atoms with Crippen LogP contribution in [0.2, 0.25) is 0 Å². The highest BCUT2D eigenvalue weighted by Gasteiger charge is 2.27. The van der Waals surface area contributed by atoms with Crippen LogP contribution in [0.3, 0.4) is 0 Å². The molecule has 1 aliphatic heterocycles. The SMILES string of the molecule is CCOc1ccc(C2CCCN2Cn2nc(NC(C)(C)C)sc2=S)cc1. The molecule has 142 valence electrons. The Labute approximate surface area is 165 Å². The van der Waals surface area contributed by atoms with Gasteiger partial charge in [-0.15, -0.1) is 5.10 Å². The summed E-state index contributed by atoms with van der Waals surface area (Å²) >= 11 is 7.08. The fourth-order valence-corrected chi connectivity index (χ4v) is 4.47. The number of anilines is 1. The van der Waals surface area contributed by atoms with Crippen molar-refractivity contribution in [3.8, 4) is 5.75 Å². The number of hydrogen-bond donors (Lipinski definition) is 1. The second kappa shape index (κ2) is 8.06. The van der Waals surface area contributed by atoms with E-state index in [0.717, 1.165) is 28.0 Å². The summed E-state index contributed by atoms with van der Waals surface area (Å²) in [6.45, 7) is 10.9. The molecule has 0 saturated carbocycles. The fourth-order valence-electron chi connectivity index (χ4n) is 3.26. The lowest BCUT2D eigenvalue weighted by Crippen LogP contribution is -2.28. The first kappa shape index (κ1) is 19.3. The lowest BCUT2D eigenvalue weighted by atomic mass is 10.0. The molecule has 1 aliphatic rings. The number of nitrogens with one attached hydrogen (secondary N) is 1. The van der Waals surface area contributed by atoms with Crippen LogP contribution in [0.4, 0.5) is 5.13 Å². The molecule has 1 unspecified atom stereocenters. The molecule has 1 fully saturated rings. The molecule has 0 amide bonds. The van der Waals surface area contributed by atoms with E-state index < -0.39 is 0 Å². The number of rotatable bonds is 6. The van der Waals surface area contributed by atoms with Gasteiger partial charge in [-0.05, 0) is 70.5 Å². The van der Waals surface area contributed by atoms with Crippen LogP contribution in [0.1, 0.15) is 52.1 Å². The van der Waals surface area contributed by atoms with E-state index in [4.69, 9.17) is 17.0 Å². The Kier molecular flexibility index (Phi) is 5.99. The standard InChI is InChI=1S/C19H28N4OS2/c1-5-24-15-10-8-14(9-11-15)16-7-6-12-22(16)13-23-18(25)26-17(21-23)20-19(2,3)4/h8-11,16H,5-7,12-13H2,1-4H3,(H,20,21). The predicted octanol–water partition coefficient (Wildman–Crippen LogP) is 5.08. The van der Waals surface area contributed by atoms with Crippen molar-refractivity contribution in [3.63, 3.8) is 0 Å². The van der Waals surface area contributed by atoms with Crippen molar-refractivity contribution in [2.24, 2.45) is 0 Å². The smallest absolute Gasteiger partial charge is 0.205 e. The van der Waals surface area contributed by atoms with Crippen molar-refractivity contribution in [1.29, 1.82) is 0 Å². The third-order valence-corrected chi connectivity index (χ3v) is 5.57. The van der Waals surface area contributed by atoms with Gasteiger partial charge in [0, 0.05) is 18.1 Å². The van der Waals surface area contributed by atoms with Gasteiger partial charge in [-0.25, -0.2) is 4.68 Å². The van der Waals surface area contributed by atoms with E-state index in [1.165, 1.54) is 18.4 Å². The second-order valence-electron chi connectivity index (χ2n) is 7.66. The molecule has 5 nitrogen and oxygen atoms in total. The topological polar surface area (TPSA) is 42.3 Å². The van der Waals surface area contributed by atoms with Gasteiger partial charge in [-0.2, -0.15) is 0 Å². The lowest BCUT2D eigenvalue weighted by molar-refractivity contribution is 0.191. The van der Waals surface area contributed by atoms with Crippen LogP contribution < -0.4 is 10.1 Å². The van der Waals surface area contributed by atoms with Crippen molar-refractivity contribution in [1.82, 2.24) is 14.7 Å². The first-order chi connectivity index (χ1) is 12.4. The average molecular weight is 393 g/mol. The molecular weight excluding hydrogens is 364 g/mol. The highest BCUT2D eigenvalue weighted by Crippen LogP contribution is 2.33. The van der Waals surface area contributed by atoms with Crippen LogP contribution in [0, 0.1) is 3.95 Å². The minimum absolute atomic E-state index is 0.0179. The van der Waals surface area contributed by atoms with Gasteiger partial charge in [0.1, 0.15) is 5.75 Å². The molecule has 1 N–H and O–H groups in total. The van der Waals surface area contributed by atoms with E-state index in [-0.39, 0.29) is 5.54 Å². The number of ether oxygens (including phenoxy) is 1. The molecular formula is C19H28N4OS2. The van der Waals surface area contributed by atoms with Gasteiger partial charge >= 0.3 is 0 Å². The molecule has 26 heavy (non-hydrogen) atoms. The molecule has 1 aromatic heterocycles. The predicted molar refractivity (Wildman–Crippen MR) is 111 cm³/mol. The van der Waals surface area contributed by atoms with Crippen molar-refractivity contribution in [3.05, 3.63) is 33.8 Å². The molecule has 7 heteroatoms. The van der Waals surface area contributed by atoms with E-state index in [0.29, 0.717) is 12.6 Å². The van der Waals surface area contributed by atoms with Crippen LogP contribution in [0.5, 0.6) is 5.75 Å². The van der Waals surface area contributed by atoms with Gasteiger partial charge in [-0.3, -0.25) is 4.90 Å². The third-order valence-electron chi connectivity index (χ3n) is 4.34. The molecule has 2 aromatic rings. The summed E-state index contributed by atoms with van der Waals surface area (Å²) in [5, 5.41) is 8.99. The molecule has 0 spiro atoms. The van der Waals surface area contributed by atoms with Crippen LogP contribution in [-0.4, -0.2) is 33.4 Å². The second-order valence-corrected chi connectivity index (χ2v) is 9.28. The van der Waals surface area contributed by atoms with E-state index in [9.17, 15) is 0 Å². The Hall–Kier alpha value is -1.44. The highest BCUT2D eigenvalue weighted by molar-refractivity contribution is 7.73. The first-order valence-electron chi connectivity index (χ1n) is 9.18. The maximum atomic E-state index is 5.56. The average Bonchev–Trinajstić information content (AvgIpc) is 3.14. The van der Waals surface area contributed by atoms with Gasteiger partial charge in [0.15, 0.2) is 3.95 Å². The Morgan fingerprint density at radius 2 is 2.04 bits per heavy atom. The number of nitrogens with zero attached hydrogens (tertiary/aromatic N) is 3. The van der Waals surface area contributed by atoms with Gasteiger partial charge < -0.3 is 10.1 Å². The molecule has 1 aromatic carbocycles. The number of benzene rings is 1. The summed E-state index contributed by atoms with van der Waals surface area (Å²) in [5.41, 5.74) is 1.32. The molecule has 1 saturated heterocycles. The van der Waals surface area contributed by atoms with Crippen LogP contribution >= 0.6 is 23.6 Å². The van der Waals surface area contributed by atoms with Gasteiger partial charge in [0.05, 0.1) is 13.3 Å². The van der Waals surface area contributed by atoms with E-state index >= 15 is 0 Å².